The lowest BCUT2D eigenvalue weighted by molar-refractivity contribution is 0.552. The van der Waals surface area contributed by atoms with Gasteiger partial charge in [0.05, 0.1) is 10.9 Å². The highest BCUT2D eigenvalue weighted by molar-refractivity contribution is 7.16. The second-order valence-electron chi connectivity index (χ2n) is 5.61. The van der Waals surface area contributed by atoms with Crippen molar-refractivity contribution >= 4 is 28.8 Å². The maximum Gasteiger partial charge on any atom is 0.128 e. The lowest BCUT2D eigenvalue weighted by Gasteiger charge is -2.18. The van der Waals surface area contributed by atoms with Crippen molar-refractivity contribution in [3.63, 3.8) is 0 Å². The van der Waals surface area contributed by atoms with Crippen LogP contribution in [0, 0.1) is 5.92 Å². The predicted octanol–water partition coefficient (Wildman–Crippen LogP) is 4.18. The van der Waals surface area contributed by atoms with E-state index in [1.165, 1.54) is 10.4 Å². The molecule has 0 amide bonds. The van der Waals surface area contributed by atoms with E-state index in [2.05, 4.69) is 54.3 Å². The number of nitrogens with one attached hydrogen (secondary N) is 1. The first kappa shape index (κ1) is 16.3. The smallest absolute Gasteiger partial charge is 0.128 e. The molecule has 2 aromatic heterocycles. The van der Waals surface area contributed by atoms with Crippen LogP contribution < -0.4 is 10.2 Å². The molecule has 2 heterocycles. The molecule has 0 fully saturated rings. The largest absolute Gasteiger partial charge is 0.355 e. The first-order valence-electron chi connectivity index (χ1n) is 7.15. The van der Waals surface area contributed by atoms with Gasteiger partial charge in [0.15, 0.2) is 0 Å². The summed E-state index contributed by atoms with van der Waals surface area (Å²) < 4.78 is 0.831. The second kappa shape index (κ2) is 7.78. The molecule has 3 nitrogen and oxygen atoms in total. The molecule has 0 bridgehead atoms. The van der Waals surface area contributed by atoms with Gasteiger partial charge in [0.1, 0.15) is 5.82 Å². The fraction of sp³-hybridized carbons (Fsp3) is 0.438. The summed E-state index contributed by atoms with van der Waals surface area (Å²) in [5, 5.41) is 3.46. The van der Waals surface area contributed by atoms with E-state index in [9.17, 15) is 0 Å². The van der Waals surface area contributed by atoms with Gasteiger partial charge in [-0.05, 0) is 42.3 Å². The minimum absolute atomic E-state index is 0.664. The summed E-state index contributed by atoms with van der Waals surface area (Å²) in [6.45, 7) is 7.16. The van der Waals surface area contributed by atoms with Gasteiger partial charge >= 0.3 is 0 Å². The van der Waals surface area contributed by atoms with E-state index in [0.29, 0.717) is 5.92 Å². The highest BCUT2D eigenvalue weighted by Crippen LogP contribution is 2.24. The van der Waals surface area contributed by atoms with Gasteiger partial charge in [-0.1, -0.05) is 25.4 Å². The van der Waals surface area contributed by atoms with Crippen LogP contribution in [0.2, 0.25) is 4.34 Å². The van der Waals surface area contributed by atoms with E-state index < -0.39 is 0 Å². The molecule has 0 aromatic carbocycles. The third-order valence-corrected chi connectivity index (χ3v) is 4.32. The van der Waals surface area contributed by atoms with Gasteiger partial charge in [0.2, 0.25) is 0 Å². The van der Waals surface area contributed by atoms with E-state index in [-0.39, 0.29) is 0 Å². The Morgan fingerprint density at radius 1 is 1.33 bits per heavy atom. The summed E-state index contributed by atoms with van der Waals surface area (Å²) >= 11 is 7.59. The van der Waals surface area contributed by atoms with Crippen molar-refractivity contribution in [3.8, 4) is 0 Å². The molecule has 0 radical (unpaired) electrons. The molecule has 0 saturated carbocycles. The van der Waals surface area contributed by atoms with Crippen LogP contribution in [0.25, 0.3) is 0 Å². The number of rotatable bonds is 7. The Morgan fingerprint density at radius 3 is 2.81 bits per heavy atom. The summed E-state index contributed by atoms with van der Waals surface area (Å²) in [7, 11) is 2.06. The van der Waals surface area contributed by atoms with E-state index in [1.54, 1.807) is 11.3 Å². The first-order chi connectivity index (χ1) is 10.0. The number of hydrogen-bond donors (Lipinski definition) is 1. The number of pyridine rings is 1. The molecular formula is C16H22ClN3S. The average Bonchev–Trinajstić information content (AvgIpc) is 2.84. The zero-order chi connectivity index (χ0) is 15.2. The minimum atomic E-state index is 0.664. The van der Waals surface area contributed by atoms with E-state index >= 15 is 0 Å². The normalized spacial score (nSPS) is 11.1. The SMILES string of the molecule is CC(C)CNCc1ccnc(N(C)Cc2ccc(Cl)s2)c1. The second-order valence-corrected chi connectivity index (χ2v) is 7.41. The fourth-order valence-electron chi connectivity index (χ4n) is 2.04. The van der Waals surface area contributed by atoms with Crippen molar-refractivity contribution in [3.05, 3.63) is 45.2 Å². The Labute approximate surface area is 136 Å². The Bertz CT molecular complexity index is 568. The highest BCUT2D eigenvalue weighted by Gasteiger charge is 2.06. The summed E-state index contributed by atoms with van der Waals surface area (Å²) in [4.78, 5) is 7.85. The number of hydrogen-bond acceptors (Lipinski definition) is 4. The van der Waals surface area contributed by atoms with Gasteiger partial charge in [0.25, 0.3) is 0 Å². The number of anilines is 1. The molecule has 0 aliphatic carbocycles. The van der Waals surface area contributed by atoms with Crippen molar-refractivity contribution < 1.29 is 0 Å². The maximum atomic E-state index is 5.97. The summed E-state index contributed by atoms with van der Waals surface area (Å²) in [5.74, 6) is 1.65. The van der Waals surface area contributed by atoms with Gasteiger partial charge in [-0.25, -0.2) is 4.98 Å². The topological polar surface area (TPSA) is 28.2 Å². The van der Waals surface area contributed by atoms with Gasteiger partial charge in [-0.15, -0.1) is 11.3 Å². The van der Waals surface area contributed by atoms with Crippen molar-refractivity contribution in [1.29, 1.82) is 0 Å². The summed E-state index contributed by atoms with van der Waals surface area (Å²) in [5.41, 5.74) is 1.26. The molecule has 0 spiro atoms. The molecule has 114 valence electrons. The van der Waals surface area contributed by atoms with Crippen molar-refractivity contribution in [2.75, 3.05) is 18.5 Å². The molecule has 21 heavy (non-hydrogen) atoms. The molecule has 0 saturated heterocycles. The molecule has 5 heteroatoms. The lowest BCUT2D eigenvalue weighted by Crippen LogP contribution is -2.20. The first-order valence-corrected chi connectivity index (χ1v) is 8.35. The van der Waals surface area contributed by atoms with Crippen molar-refractivity contribution in [1.82, 2.24) is 10.3 Å². The number of aromatic nitrogens is 1. The third-order valence-electron chi connectivity index (χ3n) is 3.10. The summed E-state index contributed by atoms with van der Waals surface area (Å²) in [6.07, 6.45) is 1.87. The predicted molar refractivity (Wildman–Crippen MR) is 92.2 cm³/mol. The quantitative estimate of drug-likeness (QED) is 0.828. The zero-order valence-corrected chi connectivity index (χ0v) is 14.3. The van der Waals surface area contributed by atoms with Gasteiger partial charge in [-0.2, -0.15) is 0 Å². The Kier molecular flexibility index (Phi) is 6.03. The van der Waals surface area contributed by atoms with Crippen LogP contribution in [-0.4, -0.2) is 18.6 Å². The van der Waals surface area contributed by atoms with Gasteiger partial charge in [0, 0.05) is 24.7 Å². The zero-order valence-electron chi connectivity index (χ0n) is 12.8. The van der Waals surface area contributed by atoms with Crippen LogP contribution in [0.5, 0.6) is 0 Å². The van der Waals surface area contributed by atoms with Crippen molar-refractivity contribution in [2.45, 2.75) is 26.9 Å². The summed E-state index contributed by atoms with van der Waals surface area (Å²) in [6, 6.07) is 8.21. The molecule has 2 aromatic rings. The molecule has 0 atom stereocenters. The fourth-order valence-corrected chi connectivity index (χ4v) is 3.18. The molecule has 2 rings (SSSR count). The van der Waals surface area contributed by atoms with Crippen LogP contribution in [0.3, 0.4) is 0 Å². The van der Waals surface area contributed by atoms with Crippen LogP contribution >= 0.6 is 22.9 Å². The van der Waals surface area contributed by atoms with Crippen LogP contribution in [0.1, 0.15) is 24.3 Å². The van der Waals surface area contributed by atoms with E-state index in [0.717, 1.165) is 29.8 Å². The molecule has 1 N–H and O–H groups in total. The Hall–Kier alpha value is -1.10. The average molecular weight is 324 g/mol. The Morgan fingerprint density at radius 2 is 2.14 bits per heavy atom. The van der Waals surface area contributed by atoms with E-state index in [1.807, 2.05) is 12.3 Å². The van der Waals surface area contributed by atoms with Gasteiger partial charge in [-0.3, -0.25) is 0 Å². The van der Waals surface area contributed by atoms with Crippen LogP contribution in [0.4, 0.5) is 5.82 Å². The maximum absolute atomic E-state index is 5.97. The van der Waals surface area contributed by atoms with Gasteiger partial charge < -0.3 is 10.2 Å². The van der Waals surface area contributed by atoms with Crippen LogP contribution in [-0.2, 0) is 13.1 Å². The molecular weight excluding hydrogens is 302 g/mol. The van der Waals surface area contributed by atoms with Crippen molar-refractivity contribution in [2.24, 2.45) is 5.92 Å². The minimum Gasteiger partial charge on any atom is -0.355 e. The monoisotopic (exact) mass is 323 g/mol. The van der Waals surface area contributed by atoms with Crippen LogP contribution in [0.15, 0.2) is 30.5 Å². The van der Waals surface area contributed by atoms with E-state index in [4.69, 9.17) is 11.6 Å². The molecule has 0 aliphatic rings. The molecule has 0 aliphatic heterocycles. The lowest BCUT2D eigenvalue weighted by atomic mass is 10.2. The Balaban J connectivity index is 1.95. The standard InChI is InChI=1S/C16H22ClN3S/c1-12(2)9-18-10-13-6-7-19-16(8-13)20(3)11-14-4-5-15(17)21-14/h4-8,12,18H,9-11H2,1-3H3. The number of halogens is 1. The molecule has 0 unspecified atom stereocenters. The highest BCUT2D eigenvalue weighted by atomic mass is 35.5. The number of thiophene rings is 1. The number of nitrogens with zero attached hydrogens (tertiary/aromatic N) is 2. The third kappa shape index (κ3) is 5.30.